The average molecular weight is 261 g/mol. The molecule has 0 aliphatic rings. The number of hydrogen-bond acceptors (Lipinski definition) is 4. The van der Waals surface area contributed by atoms with Gasteiger partial charge in [-0.2, -0.15) is 0 Å². The summed E-state index contributed by atoms with van der Waals surface area (Å²) in [5, 5.41) is 11.9. The third-order valence-corrected chi connectivity index (χ3v) is 2.10. The zero-order valence-corrected chi connectivity index (χ0v) is 10.7. The van der Waals surface area contributed by atoms with Gasteiger partial charge in [0.25, 0.3) is 0 Å². The molecular formula is C12H19ClNO3-. The first kappa shape index (κ1) is 16.2. The third kappa shape index (κ3) is 7.18. The van der Waals surface area contributed by atoms with E-state index >= 15 is 0 Å². The van der Waals surface area contributed by atoms with Crippen molar-refractivity contribution in [2.75, 3.05) is 33.5 Å². The molecule has 0 heterocycles. The summed E-state index contributed by atoms with van der Waals surface area (Å²) in [5.74, 6) is 0.787. The van der Waals surface area contributed by atoms with E-state index in [1.807, 2.05) is 24.3 Å². The second-order valence-electron chi connectivity index (χ2n) is 3.39. The van der Waals surface area contributed by atoms with Crippen LogP contribution in [0.1, 0.15) is 5.56 Å². The Morgan fingerprint density at radius 2 is 1.88 bits per heavy atom. The lowest BCUT2D eigenvalue weighted by Crippen LogP contribution is -3.00. The quantitative estimate of drug-likeness (QED) is 0.521. The first-order chi connectivity index (χ1) is 7.86. The predicted molar refractivity (Wildman–Crippen MR) is 62.6 cm³/mol. The summed E-state index contributed by atoms with van der Waals surface area (Å²) >= 11 is 0. The summed E-state index contributed by atoms with van der Waals surface area (Å²) in [4.78, 5) is 0. The number of aliphatic hydroxyl groups is 1. The minimum atomic E-state index is 0. The minimum absolute atomic E-state index is 0. The van der Waals surface area contributed by atoms with Gasteiger partial charge in [0.2, 0.25) is 0 Å². The smallest absolute Gasteiger partial charge is 0.119 e. The molecule has 0 fully saturated rings. The summed E-state index contributed by atoms with van der Waals surface area (Å²) < 4.78 is 10.2. The van der Waals surface area contributed by atoms with Gasteiger partial charge in [-0.3, -0.25) is 0 Å². The van der Waals surface area contributed by atoms with Gasteiger partial charge in [-0.25, -0.2) is 0 Å². The monoisotopic (exact) mass is 260 g/mol. The Morgan fingerprint density at radius 3 is 2.47 bits per heavy atom. The van der Waals surface area contributed by atoms with E-state index in [2.05, 4.69) is 5.32 Å². The molecule has 0 atom stereocenters. The summed E-state index contributed by atoms with van der Waals surface area (Å²) in [6.07, 6.45) is 0. The van der Waals surface area contributed by atoms with E-state index in [1.54, 1.807) is 7.11 Å². The highest BCUT2D eigenvalue weighted by atomic mass is 35.5. The summed E-state index contributed by atoms with van der Waals surface area (Å²) in [6, 6.07) is 7.82. The van der Waals surface area contributed by atoms with Gasteiger partial charge >= 0.3 is 0 Å². The zero-order valence-electron chi connectivity index (χ0n) is 9.99. The molecule has 0 bridgehead atoms. The van der Waals surface area contributed by atoms with Gasteiger partial charge < -0.3 is 32.3 Å². The molecule has 4 nitrogen and oxygen atoms in total. The predicted octanol–water partition coefficient (Wildman–Crippen LogP) is -2.20. The normalized spacial score (nSPS) is 9.76. The van der Waals surface area contributed by atoms with E-state index in [0.29, 0.717) is 6.61 Å². The number of aliphatic hydroxyl groups excluding tert-OH is 1. The summed E-state index contributed by atoms with van der Waals surface area (Å²) in [6.45, 7) is 2.77. The van der Waals surface area contributed by atoms with E-state index in [1.165, 1.54) is 5.56 Å². The number of methoxy groups -OCH3 is 1. The van der Waals surface area contributed by atoms with Crippen LogP contribution in [0.3, 0.4) is 0 Å². The van der Waals surface area contributed by atoms with Crippen LogP contribution in [0.5, 0.6) is 5.75 Å². The van der Waals surface area contributed by atoms with Crippen molar-refractivity contribution in [3.63, 3.8) is 0 Å². The second kappa shape index (κ2) is 10.4. The van der Waals surface area contributed by atoms with Crippen molar-refractivity contribution in [1.29, 1.82) is 0 Å². The van der Waals surface area contributed by atoms with Crippen molar-refractivity contribution in [2.45, 2.75) is 6.54 Å². The number of nitrogens with one attached hydrogen (secondary N) is 1. The van der Waals surface area contributed by atoms with E-state index in [4.69, 9.17) is 14.6 Å². The van der Waals surface area contributed by atoms with Crippen LogP contribution in [0, 0.1) is 0 Å². The Morgan fingerprint density at radius 1 is 1.18 bits per heavy atom. The first-order valence-electron chi connectivity index (χ1n) is 5.39. The fraction of sp³-hybridized carbons (Fsp3) is 0.500. The van der Waals surface area contributed by atoms with Gasteiger partial charge in [-0.1, -0.05) is 12.1 Å². The van der Waals surface area contributed by atoms with E-state index in [9.17, 15) is 0 Å². The van der Waals surface area contributed by atoms with Crippen LogP contribution >= 0.6 is 0 Å². The molecule has 2 N–H and O–H groups in total. The highest BCUT2D eigenvalue weighted by Gasteiger charge is 1.95. The zero-order chi connectivity index (χ0) is 11.6. The van der Waals surface area contributed by atoms with Crippen LogP contribution in [0.15, 0.2) is 24.3 Å². The second-order valence-corrected chi connectivity index (χ2v) is 3.39. The topological polar surface area (TPSA) is 50.7 Å². The molecular weight excluding hydrogens is 242 g/mol. The molecule has 98 valence electrons. The molecule has 1 aromatic carbocycles. The van der Waals surface area contributed by atoms with Crippen LogP contribution in [0.25, 0.3) is 0 Å². The van der Waals surface area contributed by atoms with Crippen molar-refractivity contribution >= 4 is 0 Å². The Labute approximate surface area is 108 Å². The largest absolute Gasteiger partial charge is 1.00 e. The first-order valence-corrected chi connectivity index (χ1v) is 5.39. The Kier molecular flexibility index (Phi) is 9.86. The van der Waals surface area contributed by atoms with E-state index in [-0.39, 0.29) is 19.0 Å². The van der Waals surface area contributed by atoms with Gasteiger partial charge in [0.15, 0.2) is 0 Å². The third-order valence-electron chi connectivity index (χ3n) is 2.10. The Bertz CT molecular complexity index is 280. The fourth-order valence-corrected chi connectivity index (χ4v) is 1.27. The molecule has 0 aliphatic heterocycles. The van der Waals surface area contributed by atoms with Crippen molar-refractivity contribution in [1.82, 2.24) is 5.32 Å². The van der Waals surface area contributed by atoms with Crippen molar-refractivity contribution < 1.29 is 27.0 Å². The van der Waals surface area contributed by atoms with Gasteiger partial charge in [-0.15, -0.1) is 0 Å². The lowest BCUT2D eigenvalue weighted by atomic mass is 10.2. The van der Waals surface area contributed by atoms with Crippen LogP contribution < -0.4 is 22.5 Å². The van der Waals surface area contributed by atoms with Gasteiger partial charge in [0.05, 0.1) is 13.2 Å². The van der Waals surface area contributed by atoms with Gasteiger partial charge in [0.1, 0.15) is 12.4 Å². The molecule has 0 aliphatic carbocycles. The number of hydrogen-bond donors (Lipinski definition) is 2. The molecule has 0 amide bonds. The lowest BCUT2D eigenvalue weighted by molar-refractivity contribution is -0.00000489. The Balaban J connectivity index is 0.00000256. The van der Waals surface area contributed by atoms with Crippen LogP contribution in [-0.2, 0) is 11.3 Å². The van der Waals surface area contributed by atoms with Crippen LogP contribution in [0.2, 0.25) is 0 Å². The number of rotatable bonds is 8. The maximum Gasteiger partial charge on any atom is 0.119 e. The van der Waals surface area contributed by atoms with Gasteiger partial charge in [0, 0.05) is 20.2 Å². The maximum absolute atomic E-state index is 8.60. The fourth-order valence-electron chi connectivity index (χ4n) is 1.27. The van der Waals surface area contributed by atoms with Crippen molar-refractivity contribution in [3.8, 4) is 5.75 Å². The van der Waals surface area contributed by atoms with Crippen molar-refractivity contribution in [2.24, 2.45) is 0 Å². The molecule has 0 radical (unpaired) electrons. The molecule has 0 aromatic heterocycles. The standard InChI is InChI=1S/C12H19NO3.ClH/c1-15-8-6-13-10-11-2-4-12(5-3-11)16-9-7-14;/h2-5,13-14H,6-10H2,1H3;1H/p-1. The Hall–Kier alpha value is -0.810. The maximum atomic E-state index is 8.60. The molecule has 0 saturated heterocycles. The molecule has 17 heavy (non-hydrogen) atoms. The number of benzene rings is 1. The highest BCUT2D eigenvalue weighted by Crippen LogP contribution is 2.11. The number of halogens is 1. The molecule has 0 spiro atoms. The highest BCUT2D eigenvalue weighted by molar-refractivity contribution is 5.27. The SMILES string of the molecule is COCCNCc1ccc(OCCO)cc1.[Cl-]. The minimum Gasteiger partial charge on any atom is -1.00 e. The number of ether oxygens (including phenoxy) is 2. The molecule has 0 unspecified atom stereocenters. The molecule has 0 saturated carbocycles. The summed E-state index contributed by atoms with van der Waals surface area (Å²) in [5.41, 5.74) is 1.20. The molecule has 1 aromatic rings. The van der Waals surface area contributed by atoms with E-state index in [0.717, 1.165) is 25.4 Å². The molecule has 5 heteroatoms. The average Bonchev–Trinajstić information content (AvgIpc) is 2.33. The summed E-state index contributed by atoms with van der Waals surface area (Å²) in [7, 11) is 1.69. The van der Waals surface area contributed by atoms with Crippen LogP contribution in [-0.4, -0.2) is 38.6 Å². The lowest BCUT2D eigenvalue weighted by Gasteiger charge is -2.06. The van der Waals surface area contributed by atoms with Crippen molar-refractivity contribution in [3.05, 3.63) is 29.8 Å². The van der Waals surface area contributed by atoms with E-state index < -0.39 is 0 Å². The van der Waals surface area contributed by atoms with Gasteiger partial charge in [-0.05, 0) is 17.7 Å². The van der Waals surface area contributed by atoms with Crippen LogP contribution in [0.4, 0.5) is 0 Å². The molecule has 1 rings (SSSR count).